The molecule has 2 N–H and O–H groups in total. The highest BCUT2D eigenvalue weighted by Gasteiger charge is 2.34. The van der Waals surface area contributed by atoms with E-state index in [9.17, 15) is 31.5 Å². The summed E-state index contributed by atoms with van der Waals surface area (Å²) >= 11 is 0. The van der Waals surface area contributed by atoms with Crippen molar-refractivity contribution in [1.29, 1.82) is 0 Å². The summed E-state index contributed by atoms with van der Waals surface area (Å²) in [7, 11) is 1.46. The van der Waals surface area contributed by atoms with Gasteiger partial charge in [-0.25, -0.2) is 13.8 Å². The Balaban J connectivity index is 1.65. The van der Waals surface area contributed by atoms with Gasteiger partial charge in [-0.1, -0.05) is 6.07 Å². The van der Waals surface area contributed by atoms with E-state index < -0.39 is 30.6 Å². The molecule has 1 aliphatic carbocycles. The quantitative estimate of drug-likeness (QED) is 0.286. The zero-order valence-electron chi connectivity index (χ0n) is 20.0. The second-order valence-electron chi connectivity index (χ2n) is 8.86. The van der Waals surface area contributed by atoms with Gasteiger partial charge in [0.05, 0.1) is 16.8 Å². The molecule has 0 spiro atoms. The van der Waals surface area contributed by atoms with Crippen molar-refractivity contribution in [2.24, 2.45) is 13.0 Å². The molecule has 37 heavy (non-hydrogen) atoms. The summed E-state index contributed by atoms with van der Waals surface area (Å²) in [6.07, 6.45) is -5.08. The highest BCUT2D eigenvalue weighted by atomic mass is 19.4. The molecule has 0 bridgehead atoms. The maximum atomic E-state index is 13.7. The van der Waals surface area contributed by atoms with Crippen LogP contribution in [0.3, 0.4) is 0 Å². The molecule has 2 aromatic heterocycles. The molecule has 0 aliphatic heterocycles. The fourth-order valence-corrected chi connectivity index (χ4v) is 3.74. The minimum absolute atomic E-state index is 0.0385. The molecule has 2 heterocycles. The van der Waals surface area contributed by atoms with E-state index in [0.29, 0.717) is 17.9 Å². The third-order valence-corrected chi connectivity index (χ3v) is 5.83. The number of hydrogen-bond donors (Lipinski definition) is 2. The summed E-state index contributed by atoms with van der Waals surface area (Å²) in [6, 6.07) is 4.75. The lowest BCUT2D eigenvalue weighted by Crippen LogP contribution is -2.23. The second-order valence-corrected chi connectivity index (χ2v) is 8.86. The highest BCUT2D eigenvalue weighted by Crippen LogP contribution is 2.37. The van der Waals surface area contributed by atoms with Crippen molar-refractivity contribution in [3.8, 4) is 5.88 Å². The van der Waals surface area contributed by atoms with Gasteiger partial charge in [-0.3, -0.25) is 14.2 Å². The number of ketones is 1. The molecule has 0 unspecified atom stereocenters. The molecule has 1 fully saturated rings. The smallest absolute Gasteiger partial charge is 0.418 e. The number of aromatic nitrogens is 3. The lowest BCUT2D eigenvalue weighted by molar-refractivity contribution is -0.137. The number of carbonyl (C=O) groups is 2. The van der Waals surface area contributed by atoms with Gasteiger partial charge in [0, 0.05) is 20.0 Å². The van der Waals surface area contributed by atoms with Crippen LogP contribution in [-0.2, 0) is 24.6 Å². The first-order valence-electron chi connectivity index (χ1n) is 11.5. The van der Waals surface area contributed by atoms with E-state index in [2.05, 4.69) is 20.6 Å². The molecule has 198 valence electrons. The van der Waals surface area contributed by atoms with Crippen LogP contribution in [0.4, 0.5) is 33.6 Å². The Labute approximate surface area is 208 Å². The fourth-order valence-electron chi connectivity index (χ4n) is 3.74. The van der Waals surface area contributed by atoms with Crippen molar-refractivity contribution < 1.29 is 36.3 Å². The predicted molar refractivity (Wildman–Crippen MR) is 124 cm³/mol. The maximum absolute atomic E-state index is 13.7. The van der Waals surface area contributed by atoms with Gasteiger partial charge >= 0.3 is 6.18 Å². The van der Waals surface area contributed by atoms with Crippen LogP contribution < -0.4 is 15.4 Å². The molecule has 1 aromatic carbocycles. The van der Waals surface area contributed by atoms with Crippen molar-refractivity contribution in [3.05, 3.63) is 41.0 Å². The number of ether oxygens (including phenoxy) is 1. The number of halogens is 5. The summed E-state index contributed by atoms with van der Waals surface area (Å²) in [5.74, 6) is -0.655. The average Bonchev–Trinajstić information content (AvgIpc) is 3.58. The molecule has 3 aromatic rings. The summed E-state index contributed by atoms with van der Waals surface area (Å²) in [4.78, 5) is 32.3. The first kappa shape index (κ1) is 26.3. The van der Waals surface area contributed by atoms with Crippen LogP contribution in [0.2, 0.25) is 0 Å². The number of benzene rings is 1. The fraction of sp³-hybridized carbons (Fsp3) is 0.417. The van der Waals surface area contributed by atoms with Crippen LogP contribution in [0.1, 0.15) is 47.7 Å². The van der Waals surface area contributed by atoms with Crippen LogP contribution in [0.15, 0.2) is 24.3 Å². The van der Waals surface area contributed by atoms with Gasteiger partial charge in [0.15, 0.2) is 18.0 Å². The Hall–Kier alpha value is -3.77. The molecular weight excluding hydrogens is 501 g/mol. The van der Waals surface area contributed by atoms with Gasteiger partial charge in [0.2, 0.25) is 17.7 Å². The van der Waals surface area contributed by atoms with E-state index in [1.807, 2.05) is 0 Å². The van der Waals surface area contributed by atoms with Gasteiger partial charge in [-0.05, 0) is 49.4 Å². The normalized spacial score (nSPS) is 13.7. The van der Waals surface area contributed by atoms with E-state index in [1.54, 1.807) is 0 Å². The lowest BCUT2D eigenvalue weighted by atomic mass is 10.1. The summed E-state index contributed by atoms with van der Waals surface area (Å²) < 4.78 is 72.8. The number of fused-ring (bicyclic) bond motifs is 1. The number of Topliss-reactive ketones (excluding diaryl/α,β-unsaturated/α-hetero) is 1. The van der Waals surface area contributed by atoms with Crippen LogP contribution in [0.5, 0.6) is 5.88 Å². The van der Waals surface area contributed by atoms with E-state index in [4.69, 9.17) is 4.74 Å². The highest BCUT2D eigenvalue weighted by molar-refractivity contribution is 5.99. The average molecular weight is 525 g/mol. The van der Waals surface area contributed by atoms with Gasteiger partial charge in [0.25, 0.3) is 6.43 Å². The molecule has 13 heteroatoms. The first-order valence-corrected chi connectivity index (χ1v) is 11.5. The Morgan fingerprint density at radius 1 is 1.19 bits per heavy atom. The molecule has 8 nitrogen and oxygen atoms in total. The van der Waals surface area contributed by atoms with Gasteiger partial charge in [-0.2, -0.15) is 18.2 Å². The van der Waals surface area contributed by atoms with Crippen molar-refractivity contribution >= 4 is 34.5 Å². The Morgan fingerprint density at radius 2 is 1.92 bits per heavy atom. The van der Waals surface area contributed by atoms with Crippen molar-refractivity contribution in [1.82, 2.24) is 19.9 Å². The number of imidazole rings is 1. The van der Waals surface area contributed by atoms with E-state index in [0.717, 1.165) is 18.9 Å². The lowest BCUT2D eigenvalue weighted by Gasteiger charge is -2.16. The number of anilines is 2. The van der Waals surface area contributed by atoms with Gasteiger partial charge in [-0.15, -0.1) is 0 Å². The van der Waals surface area contributed by atoms with E-state index in [1.165, 1.54) is 36.7 Å². The van der Waals surface area contributed by atoms with E-state index in [-0.39, 0.29) is 46.7 Å². The third kappa shape index (κ3) is 6.33. The Bertz CT molecular complexity index is 1330. The molecule has 1 amide bonds. The number of alkyl halides is 5. The number of nitrogens with zero attached hydrogens (tertiary/aromatic N) is 3. The molecule has 1 saturated carbocycles. The van der Waals surface area contributed by atoms with Gasteiger partial charge < -0.3 is 15.4 Å². The standard InChI is InChI=1S/C24H24F5N5O3/c1-12(35)15-9-18-21(33-22(15)37-11-19(25)26)34(2)23(32-18)31-17-7-14(5-6-16(17)24(27,28)29)10-30-20(36)8-13-3-4-13/h5-7,9,13,19H,3-4,8,10-11H2,1-2H3,(H,30,36)(H,31,32). The van der Waals surface area contributed by atoms with Crippen molar-refractivity contribution in [3.63, 3.8) is 0 Å². The summed E-state index contributed by atoms with van der Waals surface area (Å²) in [6.45, 7) is 0.265. The van der Waals surface area contributed by atoms with E-state index >= 15 is 0 Å². The topological polar surface area (TPSA) is 98.1 Å². The Kier molecular flexibility index (Phi) is 7.32. The van der Waals surface area contributed by atoms with Crippen LogP contribution in [0, 0.1) is 5.92 Å². The number of pyridine rings is 1. The first-order chi connectivity index (χ1) is 17.4. The second kappa shape index (κ2) is 10.3. The minimum atomic E-state index is -4.68. The molecule has 0 radical (unpaired) electrons. The molecule has 1 aliphatic rings. The van der Waals surface area contributed by atoms with Crippen molar-refractivity contribution in [2.75, 3.05) is 11.9 Å². The van der Waals surface area contributed by atoms with Crippen LogP contribution in [-0.4, -0.2) is 39.3 Å². The SMILES string of the molecule is CC(=O)c1cc2nc(Nc3cc(CNC(=O)CC4CC4)ccc3C(F)(F)F)n(C)c2nc1OCC(F)F. The number of rotatable bonds is 10. The number of amides is 1. The number of carbonyl (C=O) groups excluding carboxylic acids is 2. The predicted octanol–water partition coefficient (Wildman–Crippen LogP) is 4.99. The van der Waals surface area contributed by atoms with Crippen LogP contribution in [0.25, 0.3) is 11.2 Å². The minimum Gasteiger partial charge on any atom is -0.471 e. The monoisotopic (exact) mass is 525 g/mol. The summed E-state index contributed by atoms with van der Waals surface area (Å²) in [5, 5.41) is 5.38. The third-order valence-electron chi connectivity index (χ3n) is 5.83. The molecule has 0 saturated heterocycles. The number of hydrogen-bond acceptors (Lipinski definition) is 6. The largest absolute Gasteiger partial charge is 0.471 e. The molecular formula is C24H24F5N5O3. The summed E-state index contributed by atoms with van der Waals surface area (Å²) in [5.41, 5.74) is -0.645. The molecule has 4 rings (SSSR count). The molecule has 0 atom stereocenters. The Morgan fingerprint density at radius 3 is 2.54 bits per heavy atom. The number of aryl methyl sites for hydroxylation is 1. The maximum Gasteiger partial charge on any atom is 0.418 e. The zero-order valence-corrected chi connectivity index (χ0v) is 20.0. The zero-order chi connectivity index (χ0) is 26.9. The van der Waals surface area contributed by atoms with Crippen LogP contribution >= 0.6 is 0 Å². The number of nitrogens with one attached hydrogen (secondary N) is 2. The van der Waals surface area contributed by atoms with Gasteiger partial charge in [0.1, 0.15) is 5.52 Å². The van der Waals surface area contributed by atoms with Crippen molar-refractivity contribution in [2.45, 2.75) is 45.3 Å².